The van der Waals surface area contributed by atoms with Crippen LogP contribution in [0, 0.1) is 11.3 Å². The Kier molecular flexibility index (Phi) is 9.09. The second-order valence-corrected chi connectivity index (χ2v) is 12.4. The maximum atomic E-state index is 14.1. The van der Waals surface area contributed by atoms with Crippen LogP contribution in [-0.4, -0.2) is 64.9 Å². The molecule has 222 valence electrons. The van der Waals surface area contributed by atoms with Crippen molar-refractivity contribution in [3.63, 3.8) is 0 Å². The lowest BCUT2D eigenvalue weighted by Crippen LogP contribution is -2.50. The van der Waals surface area contributed by atoms with E-state index in [1.807, 2.05) is 45.0 Å². The molecule has 0 saturated carbocycles. The number of benzene rings is 2. The first-order chi connectivity index (χ1) is 19.4. The van der Waals surface area contributed by atoms with E-state index >= 15 is 0 Å². The number of carboxylic acids is 1. The molecule has 9 nitrogen and oxygen atoms in total. The lowest BCUT2D eigenvalue weighted by atomic mass is 9.72. The maximum absolute atomic E-state index is 14.1. The standard InChI is InChI=1S/C32H42N2O7/c1-18(2)21-10-7-8-11-22(21)27-26(33-17-20-16-19(31(39)40-6)13-14-23(20)35)25(32(3,4)5)28(30(37)38)34(27)29(36)24-12-9-15-41-24/h7-8,10-11,13-14,16,18,24-28,33,35H,9,12,15,17H2,1-6H3,(H,37,38)/t24-,25-,26-,27-,28-/m0/s1. The summed E-state index contributed by atoms with van der Waals surface area (Å²) in [6.45, 7) is 10.7. The lowest BCUT2D eigenvalue weighted by molar-refractivity contribution is -0.156. The van der Waals surface area contributed by atoms with Crippen LogP contribution in [0.4, 0.5) is 0 Å². The number of likely N-dealkylation sites (tertiary alicyclic amines) is 1. The molecule has 0 bridgehead atoms. The minimum atomic E-state index is -1.11. The number of nitrogens with zero attached hydrogens (tertiary/aromatic N) is 1. The van der Waals surface area contributed by atoms with Crippen molar-refractivity contribution in [1.82, 2.24) is 10.2 Å². The zero-order valence-electron chi connectivity index (χ0n) is 24.7. The van der Waals surface area contributed by atoms with E-state index in [0.29, 0.717) is 24.2 Å². The van der Waals surface area contributed by atoms with Gasteiger partial charge in [0.2, 0.25) is 0 Å². The molecule has 2 saturated heterocycles. The van der Waals surface area contributed by atoms with Gasteiger partial charge in [0, 0.05) is 30.7 Å². The molecular weight excluding hydrogens is 524 g/mol. The number of ether oxygens (including phenoxy) is 2. The quantitative estimate of drug-likeness (QED) is 0.395. The Labute approximate surface area is 241 Å². The largest absolute Gasteiger partial charge is 0.508 e. The third-order valence-electron chi connectivity index (χ3n) is 8.34. The zero-order valence-corrected chi connectivity index (χ0v) is 24.7. The minimum Gasteiger partial charge on any atom is -0.508 e. The molecule has 0 aliphatic carbocycles. The van der Waals surface area contributed by atoms with Crippen LogP contribution >= 0.6 is 0 Å². The Morgan fingerprint density at radius 2 is 1.85 bits per heavy atom. The minimum absolute atomic E-state index is 0.00309. The van der Waals surface area contributed by atoms with Crippen molar-refractivity contribution in [3.05, 3.63) is 64.7 Å². The van der Waals surface area contributed by atoms with E-state index in [2.05, 4.69) is 19.2 Å². The molecule has 41 heavy (non-hydrogen) atoms. The number of carbonyl (C=O) groups is 3. The molecule has 0 radical (unpaired) electrons. The van der Waals surface area contributed by atoms with Gasteiger partial charge in [-0.05, 0) is 53.5 Å². The Hall–Kier alpha value is -3.43. The first kappa shape index (κ1) is 30.5. The van der Waals surface area contributed by atoms with Gasteiger partial charge < -0.3 is 29.9 Å². The highest BCUT2D eigenvalue weighted by molar-refractivity contribution is 5.90. The number of nitrogens with one attached hydrogen (secondary N) is 1. The van der Waals surface area contributed by atoms with Gasteiger partial charge in [-0.2, -0.15) is 0 Å². The van der Waals surface area contributed by atoms with Gasteiger partial charge in [0.25, 0.3) is 5.91 Å². The van der Waals surface area contributed by atoms with Crippen molar-refractivity contribution < 1.29 is 34.1 Å². The Morgan fingerprint density at radius 3 is 2.44 bits per heavy atom. The fourth-order valence-corrected chi connectivity index (χ4v) is 6.50. The highest BCUT2D eigenvalue weighted by Gasteiger charge is 2.59. The van der Waals surface area contributed by atoms with Crippen LogP contribution in [0.3, 0.4) is 0 Å². The molecule has 2 aromatic carbocycles. The maximum Gasteiger partial charge on any atom is 0.337 e. The summed E-state index contributed by atoms with van der Waals surface area (Å²) < 4.78 is 10.6. The van der Waals surface area contributed by atoms with Crippen LogP contribution in [0.5, 0.6) is 5.75 Å². The predicted octanol–water partition coefficient (Wildman–Crippen LogP) is 4.64. The van der Waals surface area contributed by atoms with Crippen molar-refractivity contribution in [1.29, 1.82) is 0 Å². The number of carbonyl (C=O) groups excluding carboxylic acids is 2. The second-order valence-electron chi connectivity index (χ2n) is 12.4. The number of phenolic OH excluding ortho intramolecular Hbond substituents is 1. The van der Waals surface area contributed by atoms with E-state index in [1.54, 1.807) is 11.0 Å². The fraction of sp³-hybridized carbons (Fsp3) is 0.531. The fourth-order valence-electron chi connectivity index (χ4n) is 6.50. The highest BCUT2D eigenvalue weighted by Crippen LogP contribution is 2.50. The van der Waals surface area contributed by atoms with Crippen LogP contribution in [0.2, 0.25) is 0 Å². The number of hydrogen-bond acceptors (Lipinski definition) is 7. The molecule has 4 rings (SSSR count). The molecule has 0 spiro atoms. The van der Waals surface area contributed by atoms with Crippen LogP contribution in [0.1, 0.15) is 86.5 Å². The van der Waals surface area contributed by atoms with Crippen molar-refractivity contribution in [2.45, 2.75) is 84.2 Å². The molecule has 2 fully saturated rings. The van der Waals surface area contributed by atoms with E-state index < -0.39 is 47.5 Å². The van der Waals surface area contributed by atoms with Gasteiger partial charge in [-0.1, -0.05) is 58.9 Å². The lowest BCUT2D eigenvalue weighted by Gasteiger charge is -2.35. The summed E-state index contributed by atoms with van der Waals surface area (Å²) in [5.41, 5.74) is 2.15. The topological polar surface area (TPSA) is 125 Å². The van der Waals surface area contributed by atoms with Crippen molar-refractivity contribution in [2.75, 3.05) is 13.7 Å². The van der Waals surface area contributed by atoms with E-state index in [1.165, 1.54) is 19.2 Å². The number of aromatic hydroxyl groups is 1. The molecule has 9 heteroatoms. The molecule has 2 aliphatic rings. The van der Waals surface area contributed by atoms with Crippen LogP contribution in [0.25, 0.3) is 0 Å². The van der Waals surface area contributed by atoms with Gasteiger partial charge >= 0.3 is 11.9 Å². The number of esters is 1. The third kappa shape index (κ3) is 6.11. The average molecular weight is 567 g/mol. The normalized spacial score (nSPS) is 24.6. The summed E-state index contributed by atoms with van der Waals surface area (Å²) in [7, 11) is 1.29. The number of hydrogen-bond donors (Lipinski definition) is 3. The summed E-state index contributed by atoms with van der Waals surface area (Å²) in [4.78, 5) is 40.9. The van der Waals surface area contributed by atoms with Crippen LogP contribution in [0.15, 0.2) is 42.5 Å². The highest BCUT2D eigenvalue weighted by atomic mass is 16.5. The smallest absolute Gasteiger partial charge is 0.337 e. The molecule has 2 aromatic rings. The molecular formula is C32H42N2O7. The summed E-state index contributed by atoms with van der Waals surface area (Å²) in [6.07, 6.45) is 0.605. The number of phenols is 1. The Morgan fingerprint density at radius 1 is 1.15 bits per heavy atom. The summed E-state index contributed by atoms with van der Waals surface area (Å²) in [6, 6.07) is 10.2. The molecule has 2 heterocycles. The molecule has 3 N–H and O–H groups in total. The van der Waals surface area contributed by atoms with Crippen molar-refractivity contribution >= 4 is 17.8 Å². The van der Waals surface area contributed by atoms with Crippen LogP contribution in [-0.2, 0) is 25.6 Å². The monoisotopic (exact) mass is 566 g/mol. The third-order valence-corrected chi connectivity index (χ3v) is 8.34. The van der Waals surface area contributed by atoms with Gasteiger partial charge in [0.05, 0.1) is 18.7 Å². The summed E-state index contributed by atoms with van der Waals surface area (Å²) in [5.74, 6) is -2.28. The van der Waals surface area contributed by atoms with Crippen LogP contribution < -0.4 is 5.32 Å². The van der Waals surface area contributed by atoms with Crippen molar-refractivity contribution in [3.8, 4) is 5.75 Å². The van der Waals surface area contributed by atoms with Gasteiger partial charge in [0.15, 0.2) is 0 Å². The van der Waals surface area contributed by atoms with E-state index in [0.717, 1.165) is 17.5 Å². The SMILES string of the molecule is COC(=O)c1ccc(O)c(CN[C@H]2[C@H](C(C)(C)C)[C@@H](C(=O)O)N(C(=O)[C@@H]3CCCO3)[C@H]2c2ccccc2C(C)C)c1. The molecule has 0 unspecified atom stereocenters. The number of carboxylic acid groups (broad SMARTS) is 1. The first-order valence-electron chi connectivity index (χ1n) is 14.3. The summed E-state index contributed by atoms with van der Waals surface area (Å²) in [5, 5.41) is 24.9. The van der Waals surface area contributed by atoms with E-state index in [4.69, 9.17) is 9.47 Å². The Balaban J connectivity index is 1.87. The van der Waals surface area contributed by atoms with Gasteiger partial charge in [0.1, 0.15) is 17.9 Å². The van der Waals surface area contributed by atoms with Gasteiger partial charge in [-0.3, -0.25) is 4.79 Å². The van der Waals surface area contributed by atoms with E-state index in [-0.39, 0.29) is 24.1 Å². The summed E-state index contributed by atoms with van der Waals surface area (Å²) >= 11 is 0. The second kappa shape index (κ2) is 12.2. The molecule has 0 aromatic heterocycles. The number of aliphatic carboxylic acids is 1. The molecule has 1 amide bonds. The van der Waals surface area contributed by atoms with Gasteiger partial charge in [-0.15, -0.1) is 0 Å². The molecule has 5 atom stereocenters. The zero-order chi connectivity index (χ0) is 30.1. The number of methoxy groups -OCH3 is 1. The predicted molar refractivity (Wildman–Crippen MR) is 154 cm³/mol. The molecule has 2 aliphatic heterocycles. The van der Waals surface area contributed by atoms with Gasteiger partial charge in [-0.25, -0.2) is 9.59 Å². The Bertz CT molecular complexity index is 1280. The number of rotatable bonds is 8. The van der Waals surface area contributed by atoms with Crippen molar-refractivity contribution in [2.24, 2.45) is 11.3 Å². The first-order valence-corrected chi connectivity index (χ1v) is 14.3. The number of amides is 1. The average Bonchev–Trinajstić information content (AvgIpc) is 3.58. The van der Waals surface area contributed by atoms with E-state index in [9.17, 15) is 24.6 Å².